The Hall–Kier alpha value is -4.32. The zero-order chi connectivity index (χ0) is 21.0. The molecule has 29 heavy (non-hydrogen) atoms. The van der Waals surface area contributed by atoms with Gasteiger partial charge in [-0.3, -0.25) is 4.79 Å². The van der Waals surface area contributed by atoms with Crippen LogP contribution >= 0.6 is 0 Å². The molecule has 0 aliphatic rings. The molecule has 0 saturated carbocycles. The first-order chi connectivity index (χ1) is 13.9. The van der Waals surface area contributed by atoms with Gasteiger partial charge in [0.15, 0.2) is 0 Å². The smallest absolute Gasteiger partial charge is 0.252 e. The topological polar surface area (TPSA) is 163 Å². The lowest BCUT2D eigenvalue weighted by Crippen LogP contribution is -2.13. The first-order valence-corrected chi connectivity index (χ1v) is 8.46. The van der Waals surface area contributed by atoms with Gasteiger partial charge >= 0.3 is 0 Å². The summed E-state index contributed by atoms with van der Waals surface area (Å²) >= 11 is 0. The van der Waals surface area contributed by atoms with Gasteiger partial charge in [-0.05, 0) is 30.3 Å². The summed E-state index contributed by atoms with van der Waals surface area (Å²) in [6.45, 7) is 0.0826. The van der Waals surface area contributed by atoms with E-state index in [-0.39, 0.29) is 29.5 Å². The minimum atomic E-state index is -0.591. The van der Waals surface area contributed by atoms with Crippen molar-refractivity contribution in [3.63, 3.8) is 0 Å². The van der Waals surface area contributed by atoms with Gasteiger partial charge < -0.3 is 26.7 Å². The molecular formula is C20H18N6O3. The minimum absolute atomic E-state index is 0.000923. The van der Waals surface area contributed by atoms with Gasteiger partial charge in [-0.15, -0.1) is 0 Å². The molecule has 9 nitrogen and oxygen atoms in total. The molecule has 0 aliphatic heterocycles. The molecule has 0 bridgehead atoms. The fraction of sp³-hybridized carbons (Fsp3) is 0.100. The number of carbonyl (C=O) groups excluding carboxylic acids is 1. The average molecular weight is 390 g/mol. The number of benzene rings is 2. The van der Waals surface area contributed by atoms with Crippen molar-refractivity contribution in [3.8, 4) is 28.8 Å². The number of nitrogen functional groups attached to an aromatic ring is 2. The van der Waals surface area contributed by atoms with E-state index < -0.39 is 5.91 Å². The maximum absolute atomic E-state index is 11.6. The van der Waals surface area contributed by atoms with E-state index in [0.717, 1.165) is 0 Å². The molecule has 0 atom stereocenters. The van der Waals surface area contributed by atoms with Crippen LogP contribution < -0.4 is 26.7 Å². The molecule has 1 heterocycles. The summed E-state index contributed by atoms with van der Waals surface area (Å²) in [5.41, 5.74) is 18.8. The number of carbonyl (C=O) groups is 1. The van der Waals surface area contributed by atoms with Crippen molar-refractivity contribution in [2.24, 2.45) is 5.73 Å². The van der Waals surface area contributed by atoms with Crippen LogP contribution in [0.5, 0.6) is 11.5 Å². The second-order valence-electron chi connectivity index (χ2n) is 5.98. The predicted octanol–water partition coefficient (Wildman–Crippen LogP) is 1.87. The number of methoxy groups -OCH3 is 1. The van der Waals surface area contributed by atoms with Gasteiger partial charge in [0.1, 0.15) is 35.6 Å². The van der Waals surface area contributed by atoms with Crippen LogP contribution in [0.15, 0.2) is 42.5 Å². The summed E-state index contributed by atoms with van der Waals surface area (Å²) in [4.78, 5) is 19.5. The minimum Gasteiger partial charge on any atom is -0.496 e. The molecule has 3 rings (SSSR count). The molecule has 6 N–H and O–H groups in total. The average Bonchev–Trinajstić information content (AvgIpc) is 2.71. The predicted molar refractivity (Wildman–Crippen MR) is 107 cm³/mol. The van der Waals surface area contributed by atoms with Gasteiger partial charge in [0.25, 0.3) is 5.91 Å². The van der Waals surface area contributed by atoms with Gasteiger partial charge in [0.2, 0.25) is 5.95 Å². The summed E-state index contributed by atoms with van der Waals surface area (Å²) in [5, 5.41) is 9.41. The van der Waals surface area contributed by atoms with Crippen molar-refractivity contribution >= 4 is 17.7 Å². The van der Waals surface area contributed by atoms with Crippen LogP contribution in [0.25, 0.3) is 11.3 Å². The zero-order valence-electron chi connectivity index (χ0n) is 15.5. The third kappa shape index (κ3) is 4.01. The van der Waals surface area contributed by atoms with Crippen LogP contribution in [0.2, 0.25) is 0 Å². The van der Waals surface area contributed by atoms with Gasteiger partial charge in [-0.1, -0.05) is 12.1 Å². The first kappa shape index (κ1) is 19.4. The van der Waals surface area contributed by atoms with Crippen molar-refractivity contribution in [1.29, 1.82) is 5.26 Å². The quantitative estimate of drug-likeness (QED) is 0.574. The third-order valence-corrected chi connectivity index (χ3v) is 4.16. The number of rotatable bonds is 6. The lowest BCUT2D eigenvalue weighted by Gasteiger charge is -2.14. The van der Waals surface area contributed by atoms with E-state index in [0.29, 0.717) is 28.3 Å². The molecular weight excluding hydrogens is 372 g/mol. The van der Waals surface area contributed by atoms with E-state index in [2.05, 4.69) is 9.97 Å². The third-order valence-electron chi connectivity index (χ3n) is 4.16. The lowest BCUT2D eigenvalue weighted by atomic mass is 10.0. The molecule has 0 saturated heterocycles. The molecule has 3 aromatic rings. The SMILES string of the molecule is COc1ccc(-c2nc(N)nc(N)c2C#N)cc1COc1ccccc1C(N)=O. The van der Waals surface area contributed by atoms with Crippen LogP contribution in [0.3, 0.4) is 0 Å². The van der Waals surface area contributed by atoms with Crippen LogP contribution in [0.4, 0.5) is 11.8 Å². The number of nitrogens with two attached hydrogens (primary N) is 3. The molecule has 9 heteroatoms. The van der Waals surface area contributed by atoms with Crippen LogP contribution in [-0.4, -0.2) is 23.0 Å². The van der Waals surface area contributed by atoms with Crippen LogP contribution in [0, 0.1) is 11.3 Å². The maximum atomic E-state index is 11.6. The number of primary amides is 1. The summed E-state index contributed by atoms with van der Waals surface area (Å²) in [7, 11) is 1.53. The van der Waals surface area contributed by atoms with Crippen molar-refractivity contribution in [2.45, 2.75) is 6.61 Å². The molecule has 0 unspecified atom stereocenters. The Morgan fingerprint density at radius 3 is 2.59 bits per heavy atom. The van der Waals surface area contributed by atoms with Crippen molar-refractivity contribution < 1.29 is 14.3 Å². The summed E-state index contributed by atoms with van der Waals surface area (Å²) < 4.78 is 11.2. The fourth-order valence-electron chi connectivity index (χ4n) is 2.81. The first-order valence-electron chi connectivity index (χ1n) is 8.46. The lowest BCUT2D eigenvalue weighted by molar-refractivity contribution is 0.0996. The monoisotopic (exact) mass is 390 g/mol. The van der Waals surface area contributed by atoms with E-state index in [1.807, 2.05) is 6.07 Å². The molecule has 0 spiro atoms. The Balaban J connectivity index is 2.00. The molecule has 0 aliphatic carbocycles. The molecule has 2 aromatic carbocycles. The molecule has 1 amide bonds. The number of nitrogens with zero attached hydrogens (tertiary/aromatic N) is 3. The van der Waals surface area contributed by atoms with Crippen molar-refractivity contribution in [2.75, 3.05) is 18.6 Å². The maximum Gasteiger partial charge on any atom is 0.252 e. The number of para-hydroxylation sites is 1. The second kappa shape index (κ2) is 8.14. The number of aromatic nitrogens is 2. The number of hydrogen-bond donors (Lipinski definition) is 3. The fourth-order valence-corrected chi connectivity index (χ4v) is 2.81. The zero-order valence-corrected chi connectivity index (χ0v) is 15.5. The van der Waals surface area contributed by atoms with E-state index >= 15 is 0 Å². The Bertz CT molecular complexity index is 1120. The summed E-state index contributed by atoms with van der Waals surface area (Å²) in [6.07, 6.45) is 0. The highest BCUT2D eigenvalue weighted by molar-refractivity contribution is 5.95. The van der Waals surface area contributed by atoms with Crippen molar-refractivity contribution in [1.82, 2.24) is 9.97 Å². The number of hydrogen-bond acceptors (Lipinski definition) is 8. The van der Waals surface area contributed by atoms with Crippen LogP contribution in [-0.2, 0) is 6.61 Å². The normalized spacial score (nSPS) is 10.2. The van der Waals surface area contributed by atoms with Crippen molar-refractivity contribution in [3.05, 3.63) is 59.2 Å². The van der Waals surface area contributed by atoms with E-state index in [1.165, 1.54) is 7.11 Å². The molecule has 146 valence electrons. The molecule has 0 fully saturated rings. The second-order valence-corrected chi connectivity index (χ2v) is 5.98. The van der Waals surface area contributed by atoms with Gasteiger partial charge in [0.05, 0.1) is 18.4 Å². The summed E-state index contributed by atoms with van der Waals surface area (Å²) in [6, 6.07) is 13.8. The van der Waals surface area contributed by atoms with Gasteiger partial charge in [-0.2, -0.15) is 10.2 Å². The van der Waals surface area contributed by atoms with E-state index in [9.17, 15) is 10.1 Å². The highest BCUT2D eigenvalue weighted by Crippen LogP contribution is 2.30. The van der Waals surface area contributed by atoms with Gasteiger partial charge in [0, 0.05) is 11.1 Å². The Labute approximate surface area is 166 Å². The number of anilines is 2. The van der Waals surface area contributed by atoms with Gasteiger partial charge in [-0.25, -0.2) is 4.98 Å². The standard InChI is InChI=1S/C20H18N6O3/c1-28-15-7-6-11(17-14(9-21)18(22)26-20(24)25-17)8-12(15)10-29-16-5-3-2-4-13(16)19(23)27/h2-8H,10H2,1H3,(H2,23,27)(H4,22,24,25,26). The number of nitriles is 1. The van der Waals surface area contributed by atoms with E-state index in [4.69, 9.17) is 26.7 Å². The van der Waals surface area contributed by atoms with Crippen LogP contribution in [0.1, 0.15) is 21.5 Å². The largest absolute Gasteiger partial charge is 0.496 e. The summed E-state index contributed by atoms with van der Waals surface area (Å²) in [5.74, 6) is 0.269. The highest BCUT2D eigenvalue weighted by Gasteiger charge is 2.16. The molecule has 0 radical (unpaired) electrons. The molecule has 1 aromatic heterocycles. The number of ether oxygens (including phenoxy) is 2. The Morgan fingerprint density at radius 2 is 1.90 bits per heavy atom. The Morgan fingerprint density at radius 1 is 1.14 bits per heavy atom. The highest BCUT2D eigenvalue weighted by atomic mass is 16.5. The number of amides is 1. The van der Waals surface area contributed by atoms with E-state index in [1.54, 1.807) is 42.5 Å². The Kier molecular flexibility index (Phi) is 5.46.